The molecule has 26 heavy (non-hydrogen) atoms. The highest BCUT2D eigenvalue weighted by molar-refractivity contribution is 7.16. The van der Waals surface area contributed by atoms with Gasteiger partial charge >= 0.3 is 0 Å². The molecule has 136 valence electrons. The van der Waals surface area contributed by atoms with Gasteiger partial charge in [0.25, 0.3) is 0 Å². The summed E-state index contributed by atoms with van der Waals surface area (Å²) in [4.78, 5) is 12.9. The molecular weight excluding hydrogens is 350 g/mol. The number of hydrogen-bond donors (Lipinski definition) is 1. The molecule has 1 saturated carbocycles. The molecule has 2 heterocycles. The topological polar surface area (TPSA) is 81.4 Å². The zero-order chi connectivity index (χ0) is 17.9. The number of rotatable bonds is 8. The first kappa shape index (κ1) is 17.0. The van der Waals surface area contributed by atoms with Gasteiger partial charge in [-0.15, -0.1) is 10.2 Å². The molecule has 1 amide bonds. The van der Waals surface area contributed by atoms with Crippen LogP contribution in [-0.2, 0) is 17.6 Å². The van der Waals surface area contributed by atoms with Crippen LogP contribution in [0.15, 0.2) is 24.3 Å². The molecule has 7 nitrogen and oxygen atoms in total. The summed E-state index contributed by atoms with van der Waals surface area (Å²) in [6, 6.07) is 7.79. The summed E-state index contributed by atoms with van der Waals surface area (Å²) >= 11 is 1.54. The molecule has 1 aromatic carbocycles. The Morgan fingerprint density at radius 3 is 2.96 bits per heavy atom. The van der Waals surface area contributed by atoms with Gasteiger partial charge in [0.1, 0.15) is 10.8 Å². The average Bonchev–Trinajstić information content (AvgIpc) is 3.30. The summed E-state index contributed by atoms with van der Waals surface area (Å²) in [5, 5.41) is 16.9. The van der Waals surface area contributed by atoms with Crippen molar-refractivity contribution in [3.63, 3.8) is 0 Å². The van der Waals surface area contributed by atoms with E-state index in [9.17, 15) is 4.79 Å². The lowest BCUT2D eigenvalue weighted by Gasteiger charge is -2.08. The molecule has 1 aliphatic rings. The van der Waals surface area contributed by atoms with Crippen LogP contribution in [0.5, 0.6) is 5.75 Å². The Balaban J connectivity index is 1.26. The fourth-order valence-corrected chi connectivity index (χ4v) is 3.76. The highest BCUT2D eigenvalue weighted by Gasteiger charge is 2.29. The van der Waals surface area contributed by atoms with Gasteiger partial charge in [-0.3, -0.25) is 4.79 Å². The summed E-state index contributed by atoms with van der Waals surface area (Å²) < 4.78 is 7.18. The van der Waals surface area contributed by atoms with E-state index in [0.717, 1.165) is 27.1 Å². The number of benzene rings is 1. The van der Waals surface area contributed by atoms with E-state index in [-0.39, 0.29) is 5.91 Å². The molecule has 0 aliphatic heterocycles. The van der Waals surface area contributed by atoms with E-state index in [1.54, 1.807) is 18.4 Å². The largest absolute Gasteiger partial charge is 0.496 e. The number of carbonyl (C=O) groups is 1. The van der Waals surface area contributed by atoms with Crippen LogP contribution in [0.1, 0.15) is 41.6 Å². The lowest BCUT2D eigenvalue weighted by molar-refractivity contribution is -0.121. The Bertz CT molecular complexity index is 915. The molecule has 4 rings (SSSR count). The molecule has 0 atom stereocenters. The Kier molecular flexibility index (Phi) is 4.83. The number of nitrogens with zero attached hydrogens (tertiary/aromatic N) is 4. The van der Waals surface area contributed by atoms with Crippen LogP contribution in [0, 0.1) is 0 Å². The van der Waals surface area contributed by atoms with Gasteiger partial charge in [0.05, 0.1) is 7.11 Å². The number of aryl methyl sites for hydroxylation is 1. The molecule has 1 N–H and O–H groups in total. The third kappa shape index (κ3) is 3.70. The third-order valence-electron chi connectivity index (χ3n) is 4.47. The third-order valence-corrected chi connectivity index (χ3v) is 5.43. The minimum atomic E-state index is 0.0394. The number of methoxy groups -OCH3 is 1. The van der Waals surface area contributed by atoms with Gasteiger partial charge in [-0.25, -0.2) is 0 Å². The van der Waals surface area contributed by atoms with Gasteiger partial charge in [0, 0.05) is 25.3 Å². The van der Waals surface area contributed by atoms with Crippen LogP contribution in [0.4, 0.5) is 0 Å². The molecule has 1 fully saturated rings. The maximum Gasteiger partial charge on any atom is 0.234 e. The first-order valence-electron chi connectivity index (χ1n) is 8.84. The maximum absolute atomic E-state index is 12.1. The monoisotopic (exact) mass is 371 g/mol. The van der Waals surface area contributed by atoms with E-state index in [1.165, 1.54) is 12.8 Å². The highest BCUT2D eigenvalue weighted by Crippen LogP contribution is 2.39. The number of aromatic nitrogens is 4. The summed E-state index contributed by atoms with van der Waals surface area (Å²) in [6.07, 6.45) is 4.17. The normalized spacial score (nSPS) is 13.9. The van der Waals surface area contributed by atoms with E-state index >= 15 is 0 Å². The second-order valence-electron chi connectivity index (χ2n) is 6.43. The lowest BCUT2D eigenvalue weighted by Crippen LogP contribution is -2.25. The summed E-state index contributed by atoms with van der Waals surface area (Å²) in [6.45, 7) is 0.577. The fourth-order valence-electron chi connectivity index (χ4n) is 2.92. The Morgan fingerprint density at radius 1 is 1.31 bits per heavy atom. The highest BCUT2D eigenvalue weighted by atomic mass is 32.1. The molecule has 8 heteroatoms. The quantitative estimate of drug-likeness (QED) is 0.657. The zero-order valence-corrected chi connectivity index (χ0v) is 15.5. The zero-order valence-electron chi connectivity index (χ0n) is 14.6. The molecular formula is C18H21N5O2S. The van der Waals surface area contributed by atoms with Crippen LogP contribution < -0.4 is 10.1 Å². The summed E-state index contributed by atoms with van der Waals surface area (Å²) in [5.74, 6) is 2.36. The van der Waals surface area contributed by atoms with E-state index in [2.05, 4.69) is 20.6 Å². The van der Waals surface area contributed by atoms with Crippen LogP contribution in [-0.4, -0.2) is 39.4 Å². The molecule has 0 radical (unpaired) electrons. The summed E-state index contributed by atoms with van der Waals surface area (Å²) in [7, 11) is 1.65. The average molecular weight is 371 g/mol. The predicted octanol–water partition coefficient (Wildman–Crippen LogP) is 2.36. The second-order valence-corrected chi connectivity index (χ2v) is 7.47. The minimum Gasteiger partial charge on any atom is -0.496 e. The second kappa shape index (κ2) is 7.41. The number of amides is 1. The SMILES string of the molecule is COc1ccccc1CCC(=O)NCCc1nn2c(C3CC3)nnc2s1. The number of ether oxygens (including phenoxy) is 1. The number of hydrogen-bond acceptors (Lipinski definition) is 6. The van der Waals surface area contributed by atoms with Gasteiger partial charge in [-0.05, 0) is 30.9 Å². The van der Waals surface area contributed by atoms with Gasteiger partial charge < -0.3 is 10.1 Å². The van der Waals surface area contributed by atoms with Gasteiger partial charge in [0.2, 0.25) is 10.9 Å². The Hall–Kier alpha value is -2.48. The van der Waals surface area contributed by atoms with Crippen molar-refractivity contribution in [2.24, 2.45) is 0 Å². The van der Waals surface area contributed by atoms with Gasteiger partial charge in [0.15, 0.2) is 5.82 Å². The van der Waals surface area contributed by atoms with Crippen molar-refractivity contribution in [2.75, 3.05) is 13.7 Å². The number of carbonyl (C=O) groups excluding carboxylic acids is 1. The smallest absolute Gasteiger partial charge is 0.234 e. The van der Waals surface area contributed by atoms with Crippen LogP contribution in [0.25, 0.3) is 4.96 Å². The minimum absolute atomic E-state index is 0.0394. The number of fused-ring (bicyclic) bond motifs is 1. The molecule has 1 aliphatic carbocycles. The van der Waals surface area contributed by atoms with E-state index in [4.69, 9.17) is 4.74 Å². The number of nitrogens with one attached hydrogen (secondary N) is 1. The molecule has 0 unspecified atom stereocenters. The van der Waals surface area contributed by atoms with Gasteiger partial charge in [-0.2, -0.15) is 9.61 Å². The molecule has 0 saturated heterocycles. The van der Waals surface area contributed by atoms with Crippen molar-refractivity contribution < 1.29 is 9.53 Å². The maximum atomic E-state index is 12.1. The molecule has 0 spiro atoms. The standard InChI is InChI=1S/C18H21N5O2S/c1-25-14-5-3-2-4-12(14)8-9-15(24)19-11-10-16-22-23-17(13-6-7-13)20-21-18(23)26-16/h2-5,13H,6-11H2,1H3,(H,19,24). The predicted molar refractivity (Wildman–Crippen MR) is 98.7 cm³/mol. The van der Waals surface area contributed by atoms with Crippen molar-refractivity contribution in [3.8, 4) is 5.75 Å². The summed E-state index contributed by atoms with van der Waals surface area (Å²) in [5.41, 5.74) is 1.05. The lowest BCUT2D eigenvalue weighted by atomic mass is 10.1. The molecule has 0 bridgehead atoms. The van der Waals surface area contributed by atoms with Crippen molar-refractivity contribution in [2.45, 2.75) is 38.0 Å². The van der Waals surface area contributed by atoms with Crippen LogP contribution in [0.2, 0.25) is 0 Å². The van der Waals surface area contributed by atoms with Crippen LogP contribution in [0.3, 0.4) is 0 Å². The van der Waals surface area contributed by atoms with E-state index in [1.807, 2.05) is 28.8 Å². The molecule has 3 aromatic rings. The van der Waals surface area contributed by atoms with E-state index in [0.29, 0.717) is 31.7 Å². The fraction of sp³-hybridized carbons (Fsp3) is 0.444. The first-order chi connectivity index (χ1) is 12.7. The number of para-hydroxylation sites is 1. The van der Waals surface area contributed by atoms with Crippen LogP contribution >= 0.6 is 11.3 Å². The Labute approximate surface area is 155 Å². The Morgan fingerprint density at radius 2 is 2.15 bits per heavy atom. The van der Waals surface area contributed by atoms with E-state index < -0.39 is 0 Å². The van der Waals surface area contributed by atoms with Crippen molar-refractivity contribution >= 4 is 22.2 Å². The van der Waals surface area contributed by atoms with Crippen molar-refractivity contribution in [1.29, 1.82) is 0 Å². The van der Waals surface area contributed by atoms with Crippen molar-refractivity contribution in [3.05, 3.63) is 40.7 Å². The van der Waals surface area contributed by atoms with Gasteiger partial charge in [-0.1, -0.05) is 29.5 Å². The molecule has 2 aromatic heterocycles. The van der Waals surface area contributed by atoms with Crippen molar-refractivity contribution in [1.82, 2.24) is 25.1 Å². The first-order valence-corrected chi connectivity index (χ1v) is 9.66.